The Morgan fingerprint density at radius 3 is 2.53 bits per heavy atom. The van der Waals surface area contributed by atoms with Crippen molar-refractivity contribution in [1.82, 2.24) is 4.90 Å². The Hall–Kier alpha value is -3.26. The number of imide groups is 1. The fourth-order valence-corrected chi connectivity index (χ4v) is 3.75. The minimum atomic E-state index is -0.499. The van der Waals surface area contributed by atoms with Crippen molar-refractivity contribution in [3.05, 3.63) is 59.0 Å². The highest BCUT2D eigenvalue weighted by Gasteiger charge is 2.36. The summed E-state index contributed by atoms with van der Waals surface area (Å²) in [7, 11) is 0. The summed E-state index contributed by atoms with van der Waals surface area (Å²) in [4.78, 5) is 38.6. The number of thioether (sulfide) groups is 1. The molecule has 0 aromatic heterocycles. The third kappa shape index (κ3) is 6.13. The molecule has 0 radical (unpaired) electrons. The summed E-state index contributed by atoms with van der Waals surface area (Å²) in [6, 6.07) is 14.2. The maximum atomic E-state index is 12.7. The zero-order chi connectivity index (χ0) is 23.1. The number of rotatable bonds is 9. The van der Waals surface area contributed by atoms with Gasteiger partial charge in [0.25, 0.3) is 11.1 Å². The Bertz CT molecular complexity index is 1020. The van der Waals surface area contributed by atoms with Crippen LogP contribution in [0.5, 0.6) is 11.5 Å². The SMILES string of the molecule is CCOc1cc(/C=C2\SC(=O)N(CC(=O)Nc3ccccc3)C2=O)ccc1OCC(C)C. The van der Waals surface area contributed by atoms with Crippen LogP contribution in [0.3, 0.4) is 0 Å². The molecule has 0 aliphatic carbocycles. The van der Waals surface area contributed by atoms with E-state index in [1.54, 1.807) is 48.5 Å². The van der Waals surface area contributed by atoms with Crippen LogP contribution in [0, 0.1) is 5.92 Å². The van der Waals surface area contributed by atoms with Gasteiger partial charge in [0.2, 0.25) is 5.91 Å². The van der Waals surface area contributed by atoms with E-state index < -0.39 is 17.1 Å². The highest BCUT2D eigenvalue weighted by atomic mass is 32.2. The van der Waals surface area contributed by atoms with E-state index in [0.717, 1.165) is 16.7 Å². The number of para-hydroxylation sites is 1. The number of ether oxygens (including phenoxy) is 2. The maximum absolute atomic E-state index is 12.7. The standard InChI is InChI=1S/C24H26N2O5S/c1-4-30-20-12-17(10-11-19(20)31-15-16(2)3)13-21-23(28)26(24(29)32-21)14-22(27)25-18-8-6-5-7-9-18/h5-13,16H,4,14-15H2,1-3H3,(H,25,27)/b21-13-. The lowest BCUT2D eigenvalue weighted by Gasteiger charge is -2.14. The molecule has 8 heteroatoms. The van der Waals surface area contributed by atoms with Gasteiger partial charge in [-0.3, -0.25) is 19.3 Å². The molecule has 7 nitrogen and oxygen atoms in total. The Labute approximate surface area is 191 Å². The molecular formula is C24H26N2O5S. The molecule has 1 fully saturated rings. The molecule has 1 aliphatic rings. The topological polar surface area (TPSA) is 84.9 Å². The highest BCUT2D eigenvalue weighted by molar-refractivity contribution is 8.18. The lowest BCUT2D eigenvalue weighted by molar-refractivity contribution is -0.127. The molecule has 3 rings (SSSR count). The molecule has 2 aromatic rings. The zero-order valence-corrected chi connectivity index (χ0v) is 19.1. The van der Waals surface area contributed by atoms with E-state index in [9.17, 15) is 14.4 Å². The summed E-state index contributed by atoms with van der Waals surface area (Å²) in [5.41, 5.74) is 1.30. The van der Waals surface area contributed by atoms with Gasteiger partial charge in [-0.25, -0.2) is 0 Å². The van der Waals surface area contributed by atoms with Crippen LogP contribution in [0.1, 0.15) is 26.3 Å². The Morgan fingerprint density at radius 1 is 1.09 bits per heavy atom. The lowest BCUT2D eigenvalue weighted by atomic mass is 10.1. The normalized spacial score (nSPS) is 14.9. The molecule has 1 aliphatic heterocycles. The zero-order valence-electron chi connectivity index (χ0n) is 18.3. The fourth-order valence-electron chi connectivity index (χ4n) is 2.91. The van der Waals surface area contributed by atoms with Crippen LogP contribution in [-0.4, -0.2) is 41.7 Å². The number of amides is 3. The molecule has 2 aromatic carbocycles. The molecule has 1 heterocycles. The molecule has 0 bridgehead atoms. The van der Waals surface area contributed by atoms with Gasteiger partial charge in [0.15, 0.2) is 11.5 Å². The third-order valence-electron chi connectivity index (χ3n) is 4.37. The number of nitrogens with one attached hydrogen (secondary N) is 1. The first-order valence-electron chi connectivity index (χ1n) is 10.4. The van der Waals surface area contributed by atoms with E-state index >= 15 is 0 Å². The van der Waals surface area contributed by atoms with Crippen LogP contribution < -0.4 is 14.8 Å². The smallest absolute Gasteiger partial charge is 0.294 e. The Kier molecular flexibility index (Phi) is 7.94. The monoisotopic (exact) mass is 454 g/mol. The van der Waals surface area contributed by atoms with Gasteiger partial charge >= 0.3 is 0 Å². The summed E-state index contributed by atoms with van der Waals surface area (Å²) in [5.74, 6) is 0.632. The van der Waals surface area contributed by atoms with Crippen molar-refractivity contribution in [3.8, 4) is 11.5 Å². The Balaban J connectivity index is 1.72. The van der Waals surface area contributed by atoms with Gasteiger partial charge in [0.05, 0.1) is 18.1 Å². The predicted octanol–water partition coefficient (Wildman–Crippen LogP) is 4.80. The summed E-state index contributed by atoms with van der Waals surface area (Å²) >= 11 is 0.809. The summed E-state index contributed by atoms with van der Waals surface area (Å²) in [6.45, 7) is 6.68. The molecule has 168 valence electrons. The summed E-state index contributed by atoms with van der Waals surface area (Å²) < 4.78 is 11.5. The molecule has 0 atom stereocenters. The minimum absolute atomic E-state index is 0.251. The van der Waals surface area contributed by atoms with Crippen molar-refractivity contribution >= 4 is 40.6 Å². The first kappa shape index (κ1) is 23.4. The second-order valence-corrected chi connectivity index (χ2v) is 8.52. The van der Waals surface area contributed by atoms with Gasteiger partial charge < -0.3 is 14.8 Å². The van der Waals surface area contributed by atoms with Crippen molar-refractivity contribution in [3.63, 3.8) is 0 Å². The fraction of sp³-hybridized carbons (Fsp3) is 0.292. The first-order valence-corrected chi connectivity index (χ1v) is 11.2. The molecule has 0 unspecified atom stereocenters. The summed E-state index contributed by atoms with van der Waals surface area (Å²) in [6.07, 6.45) is 1.62. The van der Waals surface area contributed by atoms with Gasteiger partial charge in [-0.1, -0.05) is 38.1 Å². The van der Waals surface area contributed by atoms with Crippen molar-refractivity contribution in [2.24, 2.45) is 5.92 Å². The molecular weight excluding hydrogens is 428 g/mol. The van der Waals surface area contributed by atoms with Gasteiger partial charge in [0.1, 0.15) is 6.54 Å². The number of carbonyl (C=O) groups excluding carboxylic acids is 3. The molecule has 1 N–H and O–H groups in total. The van der Waals surface area contributed by atoms with Crippen molar-refractivity contribution in [1.29, 1.82) is 0 Å². The van der Waals surface area contributed by atoms with Gasteiger partial charge in [-0.2, -0.15) is 0 Å². The minimum Gasteiger partial charge on any atom is -0.490 e. The molecule has 0 saturated carbocycles. The van der Waals surface area contributed by atoms with Crippen LogP contribution in [0.15, 0.2) is 53.4 Å². The van der Waals surface area contributed by atoms with Crippen LogP contribution in [-0.2, 0) is 9.59 Å². The third-order valence-corrected chi connectivity index (χ3v) is 5.28. The summed E-state index contributed by atoms with van der Waals surface area (Å²) in [5, 5.41) is 2.20. The van der Waals surface area contributed by atoms with E-state index in [-0.39, 0.29) is 11.4 Å². The first-order chi connectivity index (χ1) is 15.4. The molecule has 3 amide bonds. The van der Waals surface area contributed by atoms with Crippen LogP contribution in [0.2, 0.25) is 0 Å². The second-order valence-electron chi connectivity index (χ2n) is 7.53. The average molecular weight is 455 g/mol. The lowest BCUT2D eigenvalue weighted by Crippen LogP contribution is -2.36. The highest BCUT2D eigenvalue weighted by Crippen LogP contribution is 2.34. The average Bonchev–Trinajstić information content (AvgIpc) is 3.01. The quantitative estimate of drug-likeness (QED) is 0.548. The number of carbonyl (C=O) groups is 3. The Morgan fingerprint density at radius 2 is 1.84 bits per heavy atom. The van der Waals surface area contributed by atoms with Crippen LogP contribution in [0.25, 0.3) is 6.08 Å². The van der Waals surface area contributed by atoms with Gasteiger partial charge in [0, 0.05) is 5.69 Å². The van der Waals surface area contributed by atoms with E-state index in [0.29, 0.717) is 41.9 Å². The van der Waals surface area contributed by atoms with Gasteiger partial charge in [-0.05, 0) is 60.5 Å². The number of nitrogens with zero attached hydrogens (tertiary/aromatic N) is 1. The number of benzene rings is 2. The van der Waals surface area contributed by atoms with E-state index in [4.69, 9.17) is 9.47 Å². The van der Waals surface area contributed by atoms with Crippen molar-refractivity contribution < 1.29 is 23.9 Å². The van der Waals surface area contributed by atoms with Gasteiger partial charge in [-0.15, -0.1) is 0 Å². The van der Waals surface area contributed by atoms with Crippen LogP contribution >= 0.6 is 11.8 Å². The number of hydrogen-bond acceptors (Lipinski definition) is 6. The van der Waals surface area contributed by atoms with Crippen molar-refractivity contribution in [2.75, 3.05) is 25.1 Å². The van der Waals surface area contributed by atoms with Crippen LogP contribution in [0.4, 0.5) is 10.5 Å². The number of anilines is 1. The van der Waals surface area contributed by atoms with E-state index in [2.05, 4.69) is 19.2 Å². The number of hydrogen-bond donors (Lipinski definition) is 1. The predicted molar refractivity (Wildman–Crippen MR) is 126 cm³/mol. The van der Waals surface area contributed by atoms with E-state index in [1.807, 2.05) is 13.0 Å². The van der Waals surface area contributed by atoms with Crippen molar-refractivity contribution in [2.45, 2.75) is 20.8 Å². The second kappa shape index (κ2) is 10.9. The van der Waals surface area contributed by atoms with E-state index in [1.165, 1.54) is 0 Å². The molecule has 32 heavy (non-hydrogen) atoms. The maximum Gasteiger partial charge on any atom is 0.294 e. The largest absolute Gasteiger partial charge is 0.490 e. The molecule has 1 saturated heterocycles. The molecule has 0 spiro atoms.